The molecule has 0 atom stereocenters. The van der Waals surface area contributed by atoms with Crippen molar-refractivity contribution < 1.29 is 9.21 Å². The maximum Gasteiger partial charge on any atom is 0.287 e. The van der Waals surface area contributed by atoms with Gasteiger partial charge in [-0.05, 0) is 12.1 Å². The standard InChI is InChI=1S/C9H10N2O2/c1-2-7-3-4-8(13-7)9(12)11-6-5-10/h3-4H,2,6H2,1H3,(H,11,12). The molecule has 1 aromatic rings. The molecule has 13 heavy (non-hydrogen) atoms. The lowest BCUT2D eigenvalue weighted by atomic mass is 10.3. The van der Waals surface area contributed by atoms with Gasteiger partial charge in [0.2, 0.25) is 0 Å². The van der Waals surface area contributed by atoms with Crippen molar-refractivity contribution in [1.82, 2.24) is 5.32 Å². The molecule has 1 heterocycles. The summed E-state index contributed by atoms with van der Waals surface area (Å²) in [5.74, 6) is 0.676. The Morgan fingerprint density at radius 1 is 1.69 bits per heavy atom. The Morgan fingerprint density at radius 3 is 3.00 bits per heavy atom. The van der Waals surface area contributed by atoms with E-state index in [0.29, 0.717) is 0 Å². The van der Waals surface area contributed by atoms with Crippen LogP contribution in [0.1, 0.15) is 23.2 Å². The predicted molar refractivity (Wildman–Crippen MR) is 46.0 cm³/mol. The van der Waals surface area contributed by atoms with Gasteiger partial charge in [0.05, 0.1) is 6.07 Å². The van der Waals surface area contributed by atoms with E-state index in [1.165, 1.54) is 0 Å². The van der Waals surface area contributed by atoms with Crippen molar-refractivity contribution in [3.63, 3.8) is 0 Å². The van der Waals surface area contributed by atoms with Gasteiger partial charge in [-0.25, -0.2) is 0 Å². The molecule has 4 heteroatoms. The summed E-state index contributed by atoms with van der Waals surface area (Å²) in [6, 6.07) is 5.17. The van der Waals surface area contributed by atoms with Crippen LogP contribution in [0.5, 0.6) is 0 Å². The first-order valence-corrected chi connectivity index (χ1v) is 4.01. The van der Waals surface area contributed by atoms with E-state index in [1.807, 2.05) is 13.0 Å². The molecule has 68 valence electrons. The maximum absolute atomic E-state index is 11.2. The van der Waals surface area contributed by atoms with Crippen molar-refractivity contribution in [2.24, 2.45) is 0 Å². The summed E-state index contributed by atoms with van der Waals surface area (Å²) in [5.41, 5.74) is 0. The van der Waals surface area contributed by atoms with Gasteiger partial charge in [0, 0.05) is 6.42 Å². The van der Waals surface area contributed by atoms with Crippen molar-refractivity contribution in [2.75, 3.05) is 6.54 Å². The fourth-order valence-electron chi connectivity index (χ4n) is 0.897. The van der Waals surface area contributed by atoms with Gasteiger partial charge in [-0.2, -0.15) is 5.26 Å². The minimum absolute atomic E-state index is 0.000984. The molecule has 0 spiro atoms. The molecule has 0 saturated carbocycles. The first kappa shape index (κ1) is 9.33. The summed E-state index contributed by atoms with van der Waals surface area (Å²) in [4.78, 5) is 11.2. The second kappa shape index (κ2) is 4.31. The number of hydrogen-bond donors (Lipinski definition) is 1. The van der Waals surface area contributed by atoms with Crippen molar-refractivity contribution in [3.8, 4) is 6.07 Å². The Labute approximate surface area is 76.2 Å². The highest BCUT2D eigenvalue weighted by Crippen LogP contribution is 2.07. The summed E-state index contributed by atoms with van der Waals surface area (Å²) in [6.45, 7) is 1.94. The van der Waals surface area contributed by atoms with Crippen LogP contribution in [0.3, 0.4) is 0 Å². The van der Waals surface area contributed by atoms with Crippen molar-refractivity contribution in [3.05, 3.63) is 23.7 Å². The fraction of sp³-hybridized carbons (Fsp3) is 0.333. The van der Waals surface area contributed by atoms with E-state index in [1.54, 1.807) is 12.1 Å². The lowest BCUT2D eigenvalue weighted by Crippen LogP contribution is -2.22. The van der Waals surface area contributed by atoms with Crippen LogP contribution in [0.2, 0.25) is 0 Å². The Balaban J connectivity index is 2.62. The minimum atomic E-state index is -0.346. The van der Waals surface area contributed by atoms with Crippen molar-refractivity contribution >= 4 is 5.91 Å². The molecule has 0 bridgehead atoms. The summed E-state index contributed by atoms with van der Waals surface area (Å²) in [7, 11) is 0. The van der Waals surface area contributed by atoms with Gasteiger partial charge in [-0.15, -0.1) is 0 Å². The lowest BCUT2D eigenvalue weighted by molar-refractivity contribution is 0.0929. The molecule has 0 aliphatic rings. The second-order valence-electron chi connectivity index (χ2n) is 2.46. The zero-order valence-electron chi connectivity index (χ0n) is 7.33. The second-order valence-corrected chi connectivity index (χ2v) is 2.46. The van der Waals surface area contributed by atoms with Crippen LogP contribution in [0, 0.1) is 11.3 Å². The van der Waals surface area contributed by atoms with Crippen LogP contribution in [-0.2, 0) is 6.42 Å². The molecule has 1 rings (SSSR count). The zero-order valence-corrected chi connectivity index (χ0v) is 7.33. The van der Waals surface area contributed by atoms with Crippen LogP contribution >= 0.6 is 0 Å². The first-order valence-electron chi connectivity index (χ1n) is 4.01. The molecule has 1 N–H and O–H groups in total. The van der Waals surface area contributed by atoms with Gasteiger partial charge in [-0.1, -0.05) is 6.92 Å². The number of carbonyl (C=O) groups excluding carboxylic acids is 1. The van der Waals surface area contributed by atoms with Gasteiger partial charge >= 0.3 is 0 Å². The predicted octanol–water partition coefficient (Wildman–Crippen LogP) is 1.10. The Kier molecular flexibility index (Phi) is 3.09. The molecule has 0 radical (unpaired) electrons. The van der Waals surface area contributed by atoms with E-state index in [0.717, 1.165) is 12.2 Å². The van der Waals surface area contributed by atoms with Crippen LogP contribution in [0.25, 0.3) is 0 Å². The van der Waals surface area contributed by atoms with Crippen LogP contribution < -0.4 is 5.32 Å². The van der Waals surface area contributed by atoms with Crippen LogP contribution in [-0.4, -0.2) is 12.5 Å². The van der Waals surface area contributed by atoms with E-state index < -0.39 is 0 Å². The summed E-state index contributed by atoms with van der Waals surface area (Å²) in [6.07, 6.45) is 0.755. The molecule has 0 saturated heterocycles. The molecule has 0 aliphatic heterocycles. The molecule has 4 nitrogen and oxygen atoms in total. The van der Waals surface area contributed by atoms with E-state index in [9.17, 15) is 4.79 Å². The lowest BCUT2D eigenvalue weighted by Gasteiger charge is -1.95. The average molecular weight is 178 g/mol. The Hall–Kier alpha value is -1.76. The highest BCUT2D eigenvalue weighted by atomic mass is 16.3. The monoisotopic (exact) mass is 178 g/mol. The SMILES string of the molecule is CCc1ccc(C(=O)NCC#N)o1. The quantitative estimate of drug-likeness (QED) is 0.704. The highest BCUT2D eigenvalue weighted by molar-refractivity contribution is 5.91. The first-order chi connectivity index (χ1) is 6.27. The topological polar surface area (TPSA) is 66.0 Å². The van der Waals surface area contributed by atoms with Crippen molar-refractivity contribution in [1.29, 1.82) is 5.26 Å². The zero-order chi connectivity index (χ0) is 9.68. The molecular formula is C9H10N2O2. The number of nitrogens with zero attached hydrogens (tertiary/aromatic N) is 1. The Morgan fingerprint density at radius 2 is 2.46 bits per heavy atom. The number of aryl methyl sites for hydroxylation is 1. The fourth-order valence-corrected chi connectivity index (χ4v) is 0.897. The van der Waals surface area contributed by atoms with Crippen molar-refractivity contribution in [2.45, 2.75) is 13.3 Å². The third kappa shape index (κ3) is 2.34. The third-order valence-electron chi connectivity index (χ3n) is 1.56. The molecule has 1 aromatic heterocycles. The third-order valence-corrected chi connectivity index (χ3v) is 1.56. The van der Waals surface area contributed by atoms with Gasteiger partial charge < -0.3 is 9.73 Å². The normalized spacial score (nSPS) is 9.23. The number of rotatable bonds is 3. The molecule has 0 aromatic carbocycles. The summed E-state index contributed by atoms with van der Waals surface area (Å²) >= 11 is 0. The molecule has 1 amide bonds. The highest BCUT2D eigenvalue weighted by Gasteiger charge is 2.08. The number of nitrogens with one attached hydrogen (secondary N) is 1. The molecule has 0 unspecified atom stereocenters. The number of nitriles is 1. The summed E-state index contributed by atoms with van der Waals surface area (Å²) in [5, 5.41) is 10.6. The number of hydrogen-bond acceptors (Lipinski definition) is 3. The smallest absolute Gasteiger partial charge is 0.287 e. The van der Waals surface area contributed by atoms with Crippen LogP contribution in [0.15, 0.2) is 16.5 Å². The summed E-state index contributed by atoms with van der Waals surface area (Å²) < 4.78 is 5.17. The number of amides is 1. The van der Waals surface area contributed by atoms with Gasteiger partial charge in [0.15, 0.2) is 5.76 Å². The van der Waals surface area contributed by atoms with E-state index >= 15 is 0 Å². The van der Waals surface area contributed by atoms with E-state index in [4.69, 9.17) is 9.68 Å². The van der Waals surface area contributed by atoms with Crippen LogP contribution in [0.4, 0.5) is 0 Å². The largest absolute Gasteiger partial charge is 0.456 e. The number of furan rings is 1. The Bertz CT molecular complexity index is 336. The maximum atomic E-state index is 11.2. The number of carbonyl (C=O) groups is 1. The van der Waals surface area contributed by atoms with E-state index in [-0.39, 0.29) is 18.2 Å². The minimum Gasteiger partial charge on any atom is -0.456 e. The molecule has 0 fully saturated rings. The van der Waals surface area contributed by atoms with E-state index in [2.05, 4.69) is 5.32 Å². The molecule has 0 aliphatic carbocycles. The molecular weight excluding hydrogens is 168 g/mol. The van der Waals surface area contributed by atoms with Gasteiger partial charge in [0.1, 0.15) is 12.3 Å². The van der Waals surface area contributed by atoms with Gasteiger partial charge in [0.25, 0.3) is 5.91 Å². The van der Waals surface area contributed by atoms with Gasteiger partial charge in [-0.3, -0.25) is 4.79 Å². The average Bonchev–Trinajstić information content (AvgIpc) is 2.62.